The van der Waals surface area contributed by atoms with Gasteiger partial charge >= 0.3 is 0 Å². The number of hydrogen-bond donors (Lipinski definition) is 2. The Hall–Kier alpha value is -2.86. The van der Waals surface area contributed by atoms with Crippen molar-refractivity contribution in [2.75, 3.05) is 7.05 Å². The zero-order chi connectivity index (χ0) is 18.0. The second-order valence-electron chi connectivity index (χ2n) is 5.70. The molecule has 1 aromatic heterocycles. The summed E-state index contributed by atoms with van der Waals surface area (Å²) < 4.78 is 1.73. The molecule has 2 aromatic carbocycles. The molecular formula is C19H19N3O2S. The van der Waals surface area contributed by atoms with Gasteiger partial charge in [0.15, 0.2) is 11.5 Å². The molecule has 25 heavy (non-hydrogen) atoms. The third-order valence-electron chi connectivity index (χ3n) is 4.04. The third kappa shape index (κ3) is 3.34. The van der Waals surface area contributed by atoms with Crippen molar-refractivity contribution in [2.24, 2.45) is 10.1 Å². The van der Waals surface area contributed by atoms with Crippen molar-refractivity contribution in [1.29, 1.82) is 0 Å². The van der Waals surface area contributed by atoms with Crippen LogP contribution in [0.5, 0.6) is 11.5 Å². The largest absolute Gasteiger partial charge is 0.504 e. The van der Waals surface area contributed by atoms with Gasteiger partial charge in [-0.25, -0.2) is 4.68 Å². The lowest BCUT2D eigenvalue weighted by molar-refractivity contribution is 0.403. The van der Waals surface area contributed by atoms with E-state index < -0.39 is 0 Å². The second kappa shape index (κ2) is 6.94. The number of aryl methyl sites for hydroxylation is 2. The van der Waals surface area contributed by atoms with Gasteiger partial charge in [-0.1, -0.05) is 18.2 Å². The maximum Gasteiger partial charge on any atom is 0.205 e. The number of para-hydroxylation sites is 1. The molecule has 0 spiro atoms. The van der Waals surface area contributed by atoms with E-state index in [0.717, 1.165) is 16.1 Å². The minimum atomic E-state index is -0.190. The van der Waals surface area contributed by atoms with E-state index in [-0.39, 0.29) is 11.5 Å². The maximum atomic E-state index is 9.93. The summed E-state index contributed by atoms with van der Waals surface area (Å²) >= 11 is 1.49. The van der Waals surface area contributed by atoms with Gasteiger partial charge in [-0.05, 0) is 43.2 Å². The Morgan fingerprint density at radius 2 is 1.88 bits per heavy atom. The minimum absolute atomic E-state index is 0.172. The molecule has 0 aliphatic rings. The first-order valence-corrected chi connectivity index (χ1v) is 8.65. The molecule has 5 nitrogen and oxygen atoms in total. The van der Waals surface area contributed by atoms with Gasteiger partial charge in [-0.2, -0.15) is 5.10 Å². The van der Waals surface area contributed by atoms with E-state index in [1.165, 1.54) is 34.7 Å². The van der Waals surface area contributed by atoms with Gasteiger partial charge in [0.05, 0.1) is 11.9 Å². The summed E-state index contributed by atoms with van der Waals surface area (Å²) in [5.74, 6) is -0.362. The van der Waals surface area contributed by atoms with Gasteiger partial charge in [-0.15, -0.1) is 11.3 Å². The first kappa shape index (κ1) is 17.0. The summed E-state index contributed by atoms with van der Waals surface area (Å²) in [6.45, 7) is 4.16. The van der Waals surface area contributed by atoms with Crippen LogP contribution in [0.15, 0.2) is 51.9 Å². The van der Waals surface area contributed by atoms with Crippen LogP contribution in [0.1, 0.15) is 16.7 Å². The van der Waals surface area contributed by atoms with E-state index in [0.29, 0.717) is 5.56 Å². The smallest absolute Gasteiger partial charge is 0.205 e. The monoisotopic (exact) mass is 353 g/mol. The maximum absolute atomic E-state index is 9.93. The van der Waals surface area contributed by atoms with Crippen LogP contribution < -0.4 is 4.80 Å². The van der Waals surface area contributed by atoms with Crippen molar-refractivity contribution in [3.8, 4) is 22.8 Å². The molecule has 6 heteroatoms. The van der Waals surface area contributed by atoms with Gasteiger partial charge in [0.25, 0.3) is 0 Å². The van der Waals surface area contributed by atoms with Crippen LogP contribution in [0, 0.1) is 13.8 Å². The number of thiazole rings is 1. The van der Waals surface area contributed by atoms with Crippen molar-refractivity contribution in [1.82, 2.24) is 4.68 Å². The molecule has 0 saturated carbocycles. The van der Waals surface area contributed by atoms with Crippen molar-refractivity contribution in [3.05, 3.63) is 63.3 Å². The van der Waals surface area contributed by atoms with Crippen molar-refractivity contribution < 1.29 is 10.2 Å². The molecule has 2 N–H and O–H groups in total. The molecule has 3 rings (SSSR count). The first-order valence-electron chi connectivity index (χ1n) is 7.77. The van der Waals surface area contributed by atoms with Gasteiger partial charge in [0, 0.05) is 23.6 Å². The average molecular weight is 353 g/mol. The number of aromatic hydroxyl groups is 2. The van der Waals surface area contributed by atoms with E-state index in [2.05, 4.69) is 42.1 Å². The number of hydrogen-bond acceptors (Lipinski definition) is 5. The van der Waals surface area contributed by atoms with E-state index in [9.17, 15) is 10.2 Å². The highest BCUT2D eigenvalue weighted by atomic mass is 32.1. The molecule has 0 saturated heterocycles. The lowest BCUT2D eigenvalue weighted by Gasteiger charge is -2.07. The average Bonchev–Trinajstić information content (AvgIpc) is 3.01. The second-order valence-corrected chi connectivity index (χ2v) is 6.53. The molecule has 0 unspecified atom stereocenters. The predicted molar refractivity (Wildman–Crippen MR) is 101 cm³/mol. The number of phenols is 2. The zero-order valence-electron chi connectivity index (χ0n) is 14.3. The first-order chi connectivity index (χ1) is 12.0. The highest BCUT2D eigenvalue weighted by molar-refractivity contribution is 7.07. The molecule has 0 bridgehead atoms. The lowest BCUT2D eigenvalue weighted by Crippen LogP contribution is -2.11. The molecule has 128 valence electrons. The van der Waals surface area contributed by atoms with E-state index >= 15 is 0 Å². The Kier molecular flexibility index (Phi) is 4.72. The summed E-state index contributed by atoms with van der Waals surface area (Å²) in [5.41, 5.74) is 4.85. The highest BCUT2D eigenvalue weighted by Crippen LogP contribution is 2.27. The van der Waals surface area contributed by atoms with Gasteiger partial charge in [0.2, 0.25) is 4.80 Å². The zero-order valence-corrected chi connectivity index (χ0v) is 15.1. The third-order valence-corrected chi connectivity index (χ3v) is 4.94. The molecule has 3 aromatic rings. The van der Waals surface area contributed by atoms with Crippen LogP contribution >= 0.6 is 11.3 Å². The normalized spacial score (nSPS) is 12.2. The van der Waals surface area contributed by atoms with E-state index in [1.54, 1.807) is 23.9 Å². The Morgan fingerprint density at radius 1 is 1.08 bits per heavy atom. The van der Waals surface area contributed by atoms with Crippen molar-refractivity contribution >= 4 is 17.6 Å². The fourth-order valence-electron chi connectivity index (χ4n) is 2.43. The van der Waals surface area contributed by atoms with Gasteiger partial charge in [0.1, 0.15) is 0 Å². The molecule has 0 fully saturated rings. The van der Waals surface area contributed by atoms with Crippen LogP contribution in [-0.2, 0) is 0 Å². The van der Waals surface area contributed by atoms with Crippen LogP contribution in [0.4, 0.5) is 0 Å². The summed E-state index contributed by atoms with van der Waals surface area (Å²) in [4.78, 5) is 5.00. The number of nitrogens with zero attached hydrogens (tertiary/aromatic N) is 3. The number of aromatic nitrogens is 1. The van der Waals surface area contributed by atoms with Gasteiger partial charge in [-0.3, -0.25) is 4.99 Å². The SMILES string of the molecule is CN=c1scc(-c2ccc(C)c(C)c2)n1N=Cc1cccc(O)c1O. The Labute approximate surface area is 149 Å². The predicted octanol–water partition coefficient (Wildman–Crippen LogP) is 3.66. The van der Waals surface area contributed by atoms with Crippen molar-refractivity contribution in [3.63, 3.8) is 0 Å². The Balaban J connectivity index is 2.10. The Morgan fingerprint density at radius 3 is 2.60 bits per heavy atom. The topological polar surface area (TPSA) is 70.1 Å². The quantitative estimate of drug-likeness (QED) is 0.557. The molecule has 0 atom stereocenters. The fraction of sp³-hybridized carbons (Fsp3) is 0.158. The van der Waals surface area contributed by atoms with Crippen molar-refractivity contribution in [2.45, 2.75) is 13.8 Å². The molecule has 0 radical (unpaired) electrons. The molecule has 0 aliphatic carbocycles. The minimum Gasteiger partial charge on any atom is -0.504 e. The molecular weight excluding hydrogens is 334 g/mol. The number of benzene rings is 2. The lowest BCUT2D eigenvalue weighted by atomic mass is 10.1. The Bertz CT molecular complexity index is 1020. The van der Waals surface area contributed by atoms with Crippen LogP contribution in [-0.4, -0.2) is 28.2 Å². The molecule has 0 amide bonds. The van der Waals surface area contributed by atoms with E-state index in [4.69, 9.17) is 0 Å². The van der Waals surface area contributed by atoms with Gasteiger partial charge < -0.3 is 10.2 Å². The summed E-state index contributed by atoms with van der Waals surface area (Å²) in [6.07, 6.45) is 1.51. The molecule has 1 heterocycles. The standard InChI is InChI=1S/C19H19N3O2S/c1-12-7-8-14(9-13(12)2)16-11-25-19(20-3)22(16)21-10-15-5-4-6-17(23)18(15)24/h4-11,23-24H,1-3H3. The summed E-state index contributed by atoms with van der Waals surface area (Å²) in [6, 6.07) is 11.0. The fourth-order valence-corrected chi connectivity index (χ4v) is 3.24. The highest BCUT2D eigenvalue weighted by Gasteiger charge is 2.09. The van der Waals surface area contributed by atoms with Crippen LogP contribution in [0.3, 0.4) is 0 Å². The van der Waals surface area contributed by atoms with E-state index in [1.807, 2.05) is 5.38 Å². The molecule has 0 aliphatic heterocycles. The summed E-state index contributed by atoms with van der Waals surface area (Å²) in [5, 5.41) is 26.0. The summed E-state index contributed by atoms with van der Waals surface area (Å²) in [7, 11) is 1.72. The number of rotatable bonds is 3. The van der Waals surface area contributed by atoms with Crippen LogP contribution in [0.25, 0.3) is 11.3 Å². The number of phenolic OH excluding ortho intramolecular Hbond substituents is 2. The van der Waals surface area contributed by atoms with Crippen LogP contribution in [0.2, 0.25) is 0 Å².